The van der Waals surface area contributed by atoms with Crippen molar-refractivity contribution in [1.29, 1.82) is 0 Å². The van der Waals surface area contributed by atoms with E-state index >= 15 is 0 Å². The molecule has 28 heavy (non-hydrogen) atoms. The van der Waals surface area contributed by atoms with Crippen molar-refractivity contribution in [2.75, 3.05) is 6.26 Å². The highest BCUT2D eigenvalue weighted by molar-refractivity contribution is 7.86. The molecule has 6 saturated carbocycles. The Bertz CT molecular complexity index is 699. The molecule has 158 valence electrons. The molecule has 0 aromatic rings. The van der Waals surface area contributed by atoms with E-state index in [2.05, 4.69) is 6.58 Å². The highest BCUT2D eigenvalue weighted by atomic mass is 32.2. The van der Waals surface area contributed by atoms with Crippen LogP contribution in [0.15, 0.2) is 12.2 Å². The van der Waals surface area contributed by atoms with Gasteiger partial charge in [-0.15, -0.1) is 0 Å². The first-order chi connectivity index (χ1) is 13.2. The van der Waals surface area contributed by atoms with Gasteiger partial charge < -0.3 is 4.74 Å². The number of carbonyl (C=O) groups is 1. The van der Waals surface area contributed by atoms with Gasteiger partial charge in [-0.05, 0) is 100 Å². The second kappa shape index (κ2) is 7.75. The van der Waals surface area contributed by atoms with Gasteiger partial charge in [-0.1, -0.05) is 6.58 Å². The van der Waals surface area contributed by atoms with E-state index in [1.807, 2.05) is 0 Å². The summed E-state index contributed by atoms with van der Waals surface area (Å²) in [4.78, 5) is 11.3. The maximum absolute atomic E-state index is 11.3. The van der Waals surface area contributed by atoms with Crippen molar-refractivity contribution in [1.82, 2.24) is 0 Å². The fourth-order valence-corrected chi connectivity index (χ4v) is 7.52. The van der Waals surface area contributed by atoms with Gasteiger partial charge in [0.15, 0.2) is 0 Å². The zero-order valence-corrected chi connectivity index (χ0v) is 18.0. The van der Waals surface area contributed by atoms with Gasteiger partial charge in [-0.3, -0.25) is 4.18 Å². The average molecular weight is 411 g/mol. The number of rotatable bonds is 4. The third kappa shape index (κ3) is 4.48. The zero-order valence-electron chi connectivity index (χ0n) is 17.1. The number of hydrogen-bond acceptors (Lipinski definition) is 5. The molecule has 5 nitrogen and oxygen atoms in total. The van der Waals surface area contributed by atoms with E-state index in [4.69, 9.17) is 8.92 Å². The highest BCUT2D eigenvalue weighted by Crippen LogP contribution is 2.54. The van der Waals surface area contributed by atoms with E-state index in [0.717, 1.165) is 24.2 Å². The Morgan fingerprint density at radius 1 is 0.857 bits per heavy atom. The Morgan fingerprint density at radius 3 is 1.86 bits per heavy atom. The number of esters is 1. The summed E-state index contributed by atoms with van der Waals surface area (Å²) in [7, 11) is -3.27. The van der Waals surface area contributed by atoms with Crippen molar-refractivity contribution in [2.24, 2.45) is 35.5 Å². The summed E-state index contributed by atoms with van der Waals surface area (Å²) in [5.41, 5.74) is 0.516. The molecule has 6 fully saturated rings. The van der Waals surface area contributed by atoms with Gasteiger partial charge in [0, 0.05) is 5.57 Å². The molecule has 6 aliphatic rings. The lowest BCUT2D eigenvalue weighted by atomic mass is 9.55. The lowest BCUT2D eigenvalue weighted by Gasteiger charge is -2.53. The Kier molecular flexibility index (Phi) is 5.64. The van der Waals surface area contributed by atoms with Gasteiger partial charge in [-0.2, -0.15) is 8.42 Å². The fourth-order valence-electron chi connectivity index (χ4n) is 6.80. The minimum Gasteiger partial charge on any atom is -0.459 e. The predicted molar refractivity (Wildman–Crippen MR) is 107 cm³/mol. The Hall–Kier alpha value is -0.880. The minimum atomic E-state index is -3.27. The molecule has 0 aliphatic heterocycles. The summed E-state index contributed by atoms with van der Waals surface area (Å²) in [6.07, 6.45) is 12.5. The van der Waals surface area contributed by atoms with Crippen molar-refractivity contribution in [3.8, 4) is 0 Å². The lowest BCUT2D eigenvalue weighted by Crippen LogP contribution is -2.49. The number of carbonyl (C=O) groups excluding carboxylic acids is 1. The predicted octanol–water partition coefficient (Wildman–Crippen LogP) is 4.08. The normalized spacial score (nSPS) is 42.8. The molecule has 6 heteroatoms. The molecule has 0 spiro atoms. The quantitative estimate of drug-likeness (QED) is 0.397. The van der Waals surface area contributed by atoms with E-state index in [9.17, 15) is 13.2 Å². The highest BCUT2D eigenvalue weighted by Gasteiger charge is 2.49. The van der Waals surface area contributed by atoms with E-state index in [1.54, 1.807) is 6.92 Å². The summed E-state index contributed by atoms with van der Waals surface area (Å²) in [6.45, 7) is 5.29. The van der Waals surface area contributed by atoms with Crippen molar-refractivity contribution in [3.63, 3.8) is 0 Å². The summed E-state index contributed by atoms with van der Waals surface area (Å²) in [5.74, 6) is 4.05. The first kappa shape index (κ1) is 20.4. The van der Waals surface area contributed by atoms with Gasteiger partial charge >= 0.3 is 5.97 Å². The zero-order chi connectivity index (χ0) is 20.1. The van der Waals surface area contributed by atoms with Crippen molar-refractivity contribution in [3.05, 3.63) is 12.2 Å². The third-order valence-electron chi connectivity index (χ3n) is 7.71. The van der Waals surface area contributed by atoms with E-state index < -0.39 is 10.1 Å². The molecule has 0 aromatic heterocycles. The van der Waals surface area contributed by atoms with Gasteiger partial charge in [0.25, 0.3) is 10.1 Å². The van der Waals surface area contributed by atoms with Gasteiger partial charge in [0.1, 0.15) is 6.10 Å². The molecule has 0 radical (unpaired) electrons. The number of ether oxygens (including phenoxy) is 1. The molecule has 0 aromatic carbocycles. The second-order valence-corrected chi connectivity index (χ2v) is 11.7. The monoisotopic (exact) mass is 410 g/mol. The smallest absolute Gasteiger partial charge is 0.333 e. The third-order valence-corrected chi connectivity index (χ3v) is 8.28. The summed E-state index contributed by atoms with van der Waals surface area (Å²) in [5, 5.41) is 0. The number of hydrogen-bond donors (Lipinski definition) is 0. The Balaban J connectivity index is 0.000000139. The summed E-state index contributed by atoms with van der Waals surface area (Å²) >= 11 is 0. The van der Waals surface area contributed by atoms with Crippen LogP contribution in [0.1, 0.15) is 64.7 Å². The molecule has 0 N–H and O–H groups in total. The largest absolute Gasteiger partial charge is 0.459 e. The van der Waals surface area contributed by atoms with Crippen molar-refractivity contribution in [2.45, 2.75) is 76.9 Å². The SMILES string of the molecule is C=C(C)C(=O)OC1CC2CCC1C2.CS(=O)(=O)OC1C2CC3CC(C2)CC1C3. The maximum Gasteiger partial charge on any atom is 0.333 e. The van der Waals surface area contributed by atoms with Crippen LogP contribution in [0.3, 0.4) is 0 Å². The van der Waals surface area contributed by atoms with Crippen molar-refractivity contribution >= 4 is 16.1 Å². The van der Waals surface area contributed by atoms with Crippen LogP contribution in [0, 0.1) is 35.5 Å². The van der Waals surface area contributed by atoms with Crippen LogP contribution in [0.2, 0.25) is 0 Å². The van der Waals surface area contributed by atoms with Crippen LogP contribution in [0.4, 0.5) is 0 Å². The van der Waals surface area contributed by atoms with Crippen LogP contribution in [0.25, 0.3) is 0 Å². The number of fused-ring (bicyclic) bond motifs is 2. The molecular formula is C22H34O5S. The molecular weight excluding hydrogens is 376 g/mol. The molecule has 6 bridgehead atoms. The maximum atomic E-state index is 11.3. The van der Waals surface area contributed by atoms with Crippen LogP contribution < -0.4 is 0 Å². The Labute approximate surface area is 169 Å². The molecule has 6 aliphatic carbocycles. The van der Waals surface area contributed by atoms with Crippen molar-refractivity contribution < 1.29 is 22.1 Å². The van der Waals surface area contributed by atoms with Crippen LogP contribution in [-0.2, 0) is 23.8 Å². The molecule has 3 unspecified atom stereocenters. The van der Waals surface area contributed by atoms with Crippen LogP contribution in [0.5, 0.6) is 0 Å². The first-order valence-electron chi connectivity index (χ1n) is 10.9. The summed E-state index contributed by atoms with van der Waals surface area (Å²) < 4.78 is 33.1. The second-order valence-electron chi connectivity index (χ2n) is 10.1. The molecule has 0 saturated heterocycles. The average Bonchev–Trinajstić information content (AvgIpc) is 3.20. The lowest BCUT2D eigenvalue weighted by molar-refractivity contribution is -0.146. The standard InChI is InChI=1S/C11H18O3S.C11H16O2/c1-15(12,13)14-11-9-3-7-2-8(5-9)6-10(11)4-7;1-7(2)11(12)13-10-6-8-3-4-9(10)5-8/h7-11H,2-6H2,1H3;8-10H,1,3-6H2,2H3. The van der Waals surface area contributed by atoms with E-state index in [-0.39, 0.29) is 18.2 Å². The molecule has 0 heterocycles. The van der Waals surface area contributed by atoms with Crippen LogP contribution >= 0.6 is 0 Å². The minimum absolute atomic E-state index is 0.00722. The van der Waals surface area contributed by atoms with Gasteiger partial charge in [-0.25, -0.2) is 4.79 Å². The summed E-state index contributed by atoms with van der Waals surface area (Å²) in [6, 6.07) is 0. The van der Waals surface area contributed by atoms with E-state index in [0.29, 0.717) is 23.3 Å². The first-order valence-corrected chi connectivity index (χ1v) is 12.7. The Morgan fingerprint density at radius 2 is 1.43 bits per heavy atom. The molecule has 3 atom stereocenters. The van der Waals surface area contributed by atoms with Gasteiger partial charge in [0.2, 0.25) is 0 Å². The fraction of sp³-hybridized carbons (Fsp3) is 0.864. The van der Waals surface area contributed by atoms with Crippen LogP contribution in [-0.4, -0.2) is 32.9 Å². The molecule has 0 amide bonds. The van der Waals surface area contributed by atoms with Gasteiger partial charge in [0.05, 0.1) is 12.4 Å². The van der Waals surface area contributed by atoms with E-state index in [1.165, 1.54) is 57.6 Å². The molecule has 6 rings (SSSR count). The topological polar surface area (TPSA) is 69.7 Å².